The number of hydrogen-bond donors (Lipinski definition) is 2. The predicted molar refractivity (Wildman–Crippen MR) is 40.7 cm³/mol. The number of nitrogens with one attached hydrogen (secondary N) is 1. The van der Waals surface area contributed by atoms with Crippen molar-refractivity contribution in [1.29, 1.82) is 0 Å². The molecule has 0 unspecified atom stereocenters. The van der Waals surface area contributed by atoms with Crippen LogP contribution in [-0.2, 0) is 0 Å². The van der Waals surface area contributed by atoms with Crippen LogP contribution < -0.4 is 5.32 Å². The number of aromatic nitrogens is 1. The van der Waals surface area contributed by atoms with Crippen LogP contribution in [0, 0.1) is 0 Å². The fraction of sp³-hybridized carbons (Fsp3) is 0.143. The molecule has 0 aliphatic heterocycles. The number of nitrogens with zero attached hydrogens (tertiary/aromatic N) is 1. The van der Waals surface area contributed by atoms with E-state index in [0.717, 1.165) is 0 Å². The molecule has 11 heavy (non-hydrogen) atoms. The molecular formula is C7H8N2O2. The lowest BCUT2D eigenvalue weighted by atomic mass is 10.2. The molecule has 0 bridgehead atoms. The second-order valence-corrected chi connectivity index (χ2v) is 1.98. The Labute approximate surface area is 63.9 Å². The summed E-state index contributed by atoms with van der Waals surface area (Å²) >= 11 is 0. The lowest BCUT2D eigenvalue weighted by Gasteiger charge is -2.01. The lowest BCUT2D eigenvalue weighted by Crippen LogP contribution is -2.02. The molecule has 0 fully saturated rings. The van der Waals surface area contributed by atoms with Crippen molar-refractivity contribution in [3.05, 3.63) is 24.0 Å². The SMILES string of the molecule is CNc1ccncc1C(=O)O. The van der Waals surface area contributed by atoms with E-state index >= 15 is 0 Å². The van der Waals surface area contributed by atoms with Gasteiger partial charge in [-0.15, -0.1) is 0 Å². The number of rotatable bonds is 2. The van der Waals surface area contributed by atoms with E-state index in [4.69, 9.17) is 5.11 Å². The molecule has 0 aromatic carbocycles. The lowest BCUT2D eigenvalue weighted by molar-refractivity contribution is 0.0697. The minimum atomic E-state index is -0.970. The molecule has 0 spiro atoms. The Morgan fingerprint density at radius 2 is 2.45 bits per heavy atom. The van der Waals surface area contributed by atoms with Crippen molar-refractivity contribution in [2.75, 3.05) is 12.4 Å². The van der Waals surface area contributed by atoms with E-state index in [0.29, 0.717) is 5.69 Å². The van der Waals surface area contributed by atoms with E-state index in [1.807, 2.05) is 0 Å². The maximum atomic E-state index is 10.5. The number of carbonyl (C=O) groups is 1. The maximum Gasteiger partial charge on any atom is 0.339 e. The van der Waals surface area contributed by atoms with Crippen LogP contribution in [0.15, 0.2) is 18.5 Å². The molecule has 0 amide bonds. The van der Waals surface area contributed by atoms with Crippen molar-refractivity contribution < 1.29 is 9.90 Å². The molecule has 4 nitrogen and oxygen atoms in total. The zero-order valence-corrected chi connectivity index (χ0v) is 6.03. The van der Waals surface area contributed by atoms with Crippen LogP contribution in [0.3, 0.4) is 0 Å². The maximum absolute atomic E-state index is 10.5. The van der Waals surface area contributed by atoms with Crippen LogP contribution in [0.2, 0.25) is 0 Å². The first-order chi connectivity index (χ1) is 5.25. The van der Waals surface area contributed by atoms with E-state index in [-0.39, 0.29) is 5.56 Å². The van der Waals surface area contributed by atoms with Crippen LogP contribution >= 0.6 is 0 Å². The van der Waals surface area contributed by atoms with Crippen LogP contribution in [0.25, 0.3) is 0 Å². The van der Waals surface area contributed by atoms with Gasteiger partial charge in [0.15, 0.2) is 0 Å². The second-order valence-electron chi connectivity index (χ2n) is 1.98. The minimum Gasteiger partial charge on any atom is -0.478 e. The molecule has 0 saturated heterocycles. The molecule has 1 aromatic rings. The van der Waals surface area contributed by atoms with E-state index < -0.39 is 5.97 Å². The predicted octanol–water partition coefficient (Wildman–Crippen LogP) is 0.821. The van der Waals surface area contributed by atoms with E-state index in [9.17, 15) is 4.79 Å². The van der Waals surface area contributed by atoms with Crippen LogP contribution in [0.1, 0.15) is 10.4 Å². The van der Waals surface area contributed by atoms with Crippen molar-refractivity contribution in [1.82, 2.24) is 4.98 Å². The number of carboxylic acid groups (broad SMARTS) is 1. The Balaban J connectivity index is 3.12. The van der Waals surface area contributed by atoms with Gasteiger partial charge in [0, 0.05) is 19.4 Å². The molecule has 2 N–H and O–H groups in total. The highest BCUT2D eigenvalue weighted by Gasteiger charge is 2.06. The summed E-state index contributed by atoms with van der Waals surface area (Å²) in [6, 6.07) is 1.61. The number of aromatic carboxylic acids is 1. The molecule has 0 atom stereocenters. The highest BCUT2D eigenvalue weighted by atomic mass is 16.4. The Morgan fingerprint density at radius 3 is 2.91 bits per heavy atom. The summed E-state index contributed by atoms with van der Waals surface area (Å²) < 4.78 is 0. The molecule has 1 aromatic heterocycles. The standard InChI is InChI=1S/C7H8N2O2/c1-8-6-2-3-9-4-5(6)7(10)11/h2-4H,1H3,(H,8,9)(H,10,11). The molecule has 1 heterocycles. The van der Waals surface area contributed by atoms with Gasteiger partial charge in [0.2, 0.25) is 0 Å². The van der Waals surface area contributed by atoms with Gasteiger partial charge in [-0.1, -0.05) is 0 Å². The smallest absolute Gasteiger partial charge is 0.339 e. The zero-order chi connectivity index (χ0) is 8.27. The molecule has 0 saturated carbocycles. The summed E-state index contributed by atoms with van der Waals surface area (Å²) in [4.78, 5) is 14.2. The summed E-state index contributed by atoms with van der Waals surface area (Å²) in [5.74, 6) is -0.970. The van der Waals surface area contributed by atoms with Gasteiger partial charge in [-0.25, -0.2) is 4.79 Å². The highest BCUT2D eigenvalue weighted by molar-refractivity contribution is 5.93. The Morgan fingerprint density at radius 1 is 1.73 bits per heavy atom. The van der Waals surface area contributed by atoms with E-state index in [2.05, 4.69) is 10.3 Å². The topological polar surface area (TPSA) is 62.2 Å². The third kappa shape index (κ3) is 1.46. The van der Waals surface area contributed by atoms with Gasteiger partial charge in [-0.3, -0.25) is 4.98 Å². The average molecular weight is 152 g/mol. The molecular weight excluding hydrogens is 144 g/mol. The Bertz CT molecular complexity index is 273. The quantitative estimate of drug-likeness (QED) is 0.658. The van der Waals surface area contributed by atoms with Gasteiger partial charge in [0.1, 0.15) is 5.56 Å². The van der Waals surface area contributed by atoms with Crippen molar-refractivity contribution in [2.24, 2.45) is 0 Å². The van der Waals surface area contributed by atoms with Gasteiger partial charge in [0.25, 0.3) is 0 Å². The monoisotopic (exact) mass is 152 g/mol. The van der Waals surface area contributed by atoms with Crippen LogP contribution in [0.5, 0.6) is 0 Å². The normalized spacial score (nSPS) is 9.18. The van der Waals surface area contributed by atoms with Crippen LogP contribution in [0.4, 0.5) is 5.69 Å². The number of anilines is 1. The fourth-order valence-corrected chi connectivity index (χ4v) is 0.783. The number of pyridine rings is 1. The summed E-state index contributed by atoms with van der Waals surface area (Å²) in [5.41, 5.74) is 0.766. The van der Waals surface area contributed by atoms with Crippen molar-refractivity contribution >= 4 is 11.7 Å². The van der Waals surface area contributed by atoms with Crippen molar-refractivity contribution in [3.8, 4) is 0 Å². The molecule has 0 radical (unpaired) electrons. The third-order valence-corrected chi connectivity index (χ3v) is 1.32. The molecule has 58 valence electrons. The molecule has 1 rings (SSSR count). The molecule has 0 aliphatic rings. The van der Waals surface area contributed by atoms with E-state index in [1.165, 1.54) is 12.4 Å². The highest BCUT2D eigenvalue weighted by Crippen LogP contribution is 2.11. The first-order valence-corrected chi connectivity index (χ1v) is 3.10. The minimum absolute atomic E-state index is 0.190. The summed E-state index contributed by atoms with van der Waals surface area (Å²) in [5, 5.41) is 11.4. The zero-order valence-electron chi connectivity index (χ0n) is 6.03. The second kappa shape index (κ2) is 3.01. The van der Waals surface area contributed by atoms with E-state index in [1.54, 1.807) is 13.1 Å². The van der Waals surface area contributed by atoms with Crippen LogP contribution in [-0.4, -0.2) is 23.1 Å². The van der Waals surface area contributed by atoms with Gasteiger partial charge in [-0.2, -0.15) is 0 Å². The summed E-state index contributed by atoms with van der Waals surface area (Å²) in [7, 11) is 1.67. The summed E-state index contributed by atoms with van der Waals surface area (Å²) in [6.07, 6.45) is 2.85. The van der Waals surface area contributed by atoms with Crippen molar-refractivity contribution in [2.45, 2.75) is 0 Å². The van der Waals surface area contributed by atoms with Crippen molar-refractivity contribution in [3.63, 3.8) is 0 Å². The Hall–Kier alpha value is -1.58. The molecule has 0 aliphatic carbocycles. The largest absolute Gasteiger partial charge is 0.478 e. The number of carboxylic acids is 1. The van der Waals surface area contributed by atoms with Gasteiger partial charge < -0.3 is 10.4 Å². The number of hydrogen-bond acceptors (Lipinski definition) is 3. The first kappa shape index (κ1) is 7.53. The van der Waals surface area contributed by atoms with Gasteiger partial charge >= 0.3 is 5.97 Å². The fourth-order valence-electron chi connectivity index (χ4n) is 0.783. The summed E-state index contributed by atoms with van der Waals surface area (Å²) in [6.45, 7) is 0. The Kier molecular flexibility index (Phi) is 2.06. The van der Waals surface area contributed by atoms with Gasteiger partial charge in [-0.05, 0) is 6.07 Å². The van der Waals surface area contributed by atoms with Gasteiger partial charge in [0.05, 0.1) is 5.69 Å². The first-order valence-electron chi connectivity index (χ1n) is 3.10. The molecule has 4 heteroatoms. The third-order valence-electron chi connectivity index (χ3n) is 1.32. The average Bonchev–Trinajstić information content (AvgIpc) is 2.04.